The van der Waals surface area contributed by atoms with E-state index in [2.05, 4.69) is 15.7 Å². The summed E-state index contributed by atoms with van der Waals surface area (Å²) in [6.07, 6.45) is 3.51. The zero-order chi connectivity index (χ0) is 15.2. The lowest BCUT2D eigenvalue weighted by Gasteiger charge is -2.13. The van der Waals surface area contributed by atoms with Crippen LogP contribution < -0.4 is 10.6 Å². The quantitative estimate of drug-likeness (QED) is 0.865. The van der Waals surface area contributed by atoms with Crippen LogP contribution in [0.3, 0.4) is 0 Å². The van der Waals surface area contributed by atoms with E-state index in [1.165, 1.54) is 0 Å². The van der Waals surface area contributed by atoms with Crippen molar-refractivity contribution in [2.24, 2.45) is 0 Å². The summed E-state index contributed by atoms with van der Waals surface area (Å²) < 4.78 is 1.71. The minimum absolute atomic E-state index is 0.195. The van der Waals surface area contributed by atoms with Gasteiger partial charge in [-0.3, -0.25) is 9.59 Å². The average Bonchev–Trinajstić information content (AvgIpc) is 3.01. The van der Waals surface area contributed by atoms with Gasteiger partial charge in [0.2, 0.25) is 5.91 Å². The number of hydrogen-bond donors (Lipinski definition) is 2. The molecular formula is C15H18N4O2. The first kappa shape index (κ1) is 14.8. The van der Waals surface area contributed by atoms with Crippen LogP contribution in [0.15, 0.2) is 42.7 Å². The van der Waals surface area contributed by atoms with Crippen LogP contribution >= 0.6 is 0 Å². The fourth-order valence-corrected chi connectivity index (χ4v) is 1.86. The number of likely N-dealkylation sites (N-methyl/N-ethyl adjacent to an activating group) is 1. The summed E-state index contributed by atoms with van der Waals surface area (Å²) in [6, 6.07) is 8.28. The van der Waals surface area contributed by atoms with Gasteiger partial charge < -0.3 is 10.6 Å². The van der Waals surface area contributed by atoms with Crippen LogP contribution in [0.2, 0.25) is 0 Å². The van der Waals surface area contributed by atoms with Crippen molar-refractivity contribution < 1.29 is 9.59 Å². The smallest absolute Gasteiger partial charge is 0.251 e. The van der Waals surface area contributed by atoms with E-state index in [0.717, 1.165) is 5.69 Å². The molecule has 0 saturated heterocycles. The van der Waals surface area contributed by atoms with E-state index in [1.807, 2.05) is 19.2 Å². The van der Waals surface area contributed by atoms with Crippen molar-refractivity contribution in [3.8, 4) is 5.69 Å². The Morgan fingerprint density at radius 3 is 2.57 bits per heavy atom. The summed E-state index contributed by atoms with van der Waals surface area (Å²) >= 11 is 0. The normalized spacial score (nSPS) is 11.7. The van der Waals surface area contributed by atoms with Gasteiger partial charge in [-0.15, -0.1) is 0 Å². The molecule has 2 amide bonds. The number of nitrogens with zero attached hydrogens (tertiary/aromatic N) is 2. The van der Waals surface area contributed by atoms with Crippen molar-refractivity contribution in [3.63, 3.8) is 0 Å². The summed E-state index contributed by atoms with van der Waals surface area (Å²) in [4.78, 5) is 23.6. The molecule has 0 fully saturated rings. The fraction of sp³-hybridized carbons (Fsp3) is 0.267. The molecule has 110 valence electrons. The van der Waals surface area contributed by atoms with Crippen LogP contribution in [-0.4, -0.2) is 34.2 Å². The molecule has 0 aliphatic rings. The van der Waals surface area contributed by atoms with Crippen molar-refractivity contribution in [2.45, 2.75) is 19.9 Å². The van der Waals surface area contributed by atoms with Gasteiger partial charge in [0, 0.05) is 24.5 Å². The lowest BCUT2D eigenvalue weighted by atomic mass is 10.2. The van der Waals surface area contributed by atoms with E-state index in [-0.39, 0.29) is 11.8 Å². The van der Waals surface area contributed by atoms with E-state index in [0.29, 0.717) is 12.1 Å². The number of carbonyl (C=O) groups is 2. The highest BCUT2D eigenvalue weighted by Crippen LogP contribution is 2.08. The number of aromatic nitrogens is 2. The maximum Gasteiger partial charge on any atom is 0.251 e. The molecule has 0 spiro atoms. The van der Waals surface area contributed by atoms with Crippen molar-refractivity contribution >= 4 is 11.8 Å². The molecule has 0 unspecified atom stereocenters. The van der Waals surface area contributed by atoms with Crippen LogP contribution in [0.4, 0.5) is 0 Å². The van der Waals surface area contributed by atoms with Crippen LogP contribution in [-0.2, 0) is 4.79 Å². The Bertz CT molecular complexity index is 605. The van der Waals surface area contributed by atoms with Crippen molar-refractivity contribution in [2.75, 3.05) is 6.54 Å². The maximum atomic E-state index is 12.0. The highest BCUT2D eigenvalue weighted by Gasteiger charge is 2.15. The molecule has 6 heteroatoms. The molecular weight excluding hydrogens is 268 g/mol. The van der Waals surface area contributed by atoms with E-state index in [1.54, 1.807) is 42.1 Å². The minimum atomic E-state index is -0.566. The largest absolute Gasteiger partial charge is 0.355 e. The summed E-state index contributed by atoms with van der Waals surface area (Å²) in [6.45, 7) is 4.03. The van der Waals surface area contributed by atoms with Gasteiger partial charge in [0.05, 0.1) is 5.69 Å². The molecule has 0 bridgehead atoms. The van der Waals surface area contributed by atoms with E-state index >= 15 is 0 Å². The van der Waals surface area contributed by atoms with Gasteiger partial charge in [0.1, 0.15) is 6.04 Å². The standard InChI is InChI=1S/C15H18N4O2/c1-3-16-14(20)11(2)18-15(21)12-5-7-13(8-6-12)19-10-4-9-17-19/h4-11H,3H2,1-2H3,(H,16,20)(H,18,21)/t11-/m1/s1. The average molecular weight is 286 g/mol. The lowest BCUT2D eigenvalue weighted by Crippen LogP contribution is -2.44. The SMILES string of the molecule is CCNC(=O)[C@@H](C)NC(=O)c1ccc(-n2cccn2)cc1. The molecule has 2 rings (SSSR count). The zero-order valence-electron chi connectivity index (χ0n) is 12.0. The molecule has 1 aromatic carbocycles. The highest BCUT2D eigenvalue weighted by molar-refractivity contribution is 5.97. The van der Waals surface area contributed by atoms with Gasteiger partial charge in [-0.2, -0.15) is 5.10 Å². The third kappa shape index (κ3) is 3.68. The molecule has 1 aromatic heterocycles. The molecule has 1 atom stereocenters. The zero-order valence-corrected chi connectivity index (χ0v) is 12.0. The van der Waals surface area contributed by atoms with Crippen LogP contribution in [0.1, 0.15) is 24.2 Å². The first-order chi connectivity index (χ1) is 10.1. The number of hydrogen-bond acceptors (Lipinski definition) is 3. The highest BCUT2D eigenvalue weighted by atomic mass is 16.2. The maximum absolute atomic E-state index is 12.0. The predicted octanol–water partition coefficient (Wildman–Crippen LogP) is 1.13. The number of carbonyl (C=O) groups excluding carboxylic acids is 2. The summed E-state index contributed by atoms with van der Waals surface area (Å²) in [5.41, 5.74) is 1.37. The summed E-state index contributed by atoms with van der Waals surface area (Å²) in [7, 11) is 0. The molecule has 2 N–H and O–H groups in total. The number of amides is 2. The first-order valence-electron chi connectivity index (χ1n) is 6.80. The Kier molecular flexibility index (Phi) is 4.71. The van der Waals surface area contributed by atoms with Crippen LogP contribution in [0, 0.1) is 0 Å². The molecule has 6 nitrogen and oxygen atoms in total. The molecule has 21 heavy (non-hydrogen) atoms. The second-order valence-corrected chi connectivity index (χ2v) is 4.59. The molecule has 0 saturated carbocycles. The van der Waals surface area contributed by atoms with Crippen LogP contribution in [0.25, 0.3) is 5.69 Å². The number of rotatable bonds is 5. The lowest BCUT2D eigenvalue weighted by molar-refractivity contribution is -0.122. The second kappa shape index (κ2) is 6.69. The Morgan fingerprint density at radius 1 is 1.29 bits per heavy atom. The number of benzene rings is 1. The van der Waals surface area contributed by atoms with Gasteiger partial charge in [0.25, 0.3) is 5.91 Å². The van der Waals surface area contributed by atoms with Gasteiger partial charge in [-0.1, -0.05) is 0 Å². The summed E-state index contributed by atoms with van der Waals surface area (Å²) in [5, 5.41) is 9.44. The van der Waals surface area contributed by atoms with Gasteiger partial charge in [0.15, 0.2) is 0 Å². The first-order valence-corrected chi connectivity index (χ1v) is 6.80. The molecule has 0 aliphatic heterocycles. The van der Waals surface area contributed by atoms with Crippen molar-refractivity contribution in [3.05, 3.63) is 48.3 Å². The van der Waals surface area contributed by atoms with Crippen molar-refractivity contribution in [1.82, 2.24) is 20.4 Å². The third-order valence-electron chi connectivity index (χ3n) is 2.99. The van der Waals surface area contributed by atoms with E-state index in [9.17, 15) is 9.59 Å². The molecule has 2 aromatic rings. The monoisotopic (exact) mass is 286 g/mol. The Labute approximate surface area is 123 Å². The van der Waals surface area contributed by atoms with Crippen LogP contribution in [0.5, 0.6) is 0 Å². The topological polar surface area (TPSA) is 76.0 Å². The predicted molar refractivity (Wildman–Crippen MR) is 79.2 cm³/mol. The van der Waals surface area contributed by atoms with E-state index in [4.69, 9.17) is 0 Å². The molecule has 1 heterocycles. The van der Waals surface area contributed by atoms with Gasteiger partial charge in [-0.25, -0.2) is 4.68 Å². The number of nitrogens with one attached hydrogen (secondary N) is 2. The van der Waals surface area contributed by atoms with Gasteiger partial charge in [-0.05, 0) is 44.2 Å². The Morgan fingerprint density at radius 2 is 2.00 bits per heavy atom. The second-order valence-electron chi connectivity index (χ2n) is 4.59. The molecule has 0 radical (unpaired) electrons. The Balaban J connectivity index is 2.02. The third-order valence-corrected chi connectivity index (χ3v) is 2.99. The fourth-order valence-electron chi connectivity index (χ4n) is 1.86. The minimum Gasteiger partial charge on any atom is -0.355 e. The Hall–Kier alpha value is -2.63. The van der Waals surface area contributed by atoms with Gasteiger partial charge >= 0.3 is 0 Å². The van der Waals surface area contributed by atoms with Crippen molar-refractivity contribution in [1.29, 1.82) is 0 Å². The molecule has 0 aliphatic carbocycles. The summed E-state index contributed by atoms with van der Waals surface area (Å²) in [5.74, 6) is -0.472. The van der Waals surface area contributed by atoms with E-state index < -0.39 is 6.04 Å².